The first kappa shape index (κ1) is 18.9. The molecule has 1 aliphatic rings. The number of benzene rings is 1. The number of amides is 1. The van der Waals surface area contributed by atoms with Crippen molar-refractivity contribution in [1.82, 2.24) is 10.0 Å². The van der Waals surface area contributed by atoms with Crippen LogP contribution in [0.4, 0.5) is 0 Å². The van der Waals surface area contributed by atoms with E-state index >= 15 is 0 Å². The Balaban J connectivity index is 2.18. The SMILES string of the molecule is CCNC(=O)c1cc(S(=O)(=O)NC2CCCCCCC2)ccc1C. The Labute approximate surface area is 145 Å². The van der Waals surface area contributed by atoms with Crippen LogP contribution in [-0.2, 0) is 10.0 Å². The van der Waals surface area contributed by atoms with Gasteiger partial charge in [-0.15, -0.1) is 0 Å². The molecule has 24 heavy (non-hydrogen) atoms. The van der Waals surface area contributed by atoms with E-state index in [-0.39, 0.29) is 16.8 Å². The van der Waals surface area contributed by atoms with Crippen LogP contribution in [0.15, 0.2) is 23.1 Å². The third-order valence-electron chi connectivity index (χ3n) is 4.53. The van der Waals surface area contributed by atoms with Crippen molar-refractivity contribution in [2.75, 3.05) is 6.54 Å². The largest absolute Gasteiger partial charge is 0.352 e. The molecule has 6 heteroatoms. The van der Waals surface area contributed by atoms with Gasteiger partial charge in [0.05, 0.1) is 4.90 Å². The molecule has 0 aromatic heterocycles. The lowest BCUT2D eigenvalue weighted by molar-refractivity contribution is 0.0955. The van der Waals surface area contributed by atoms with Gasteiger partial charge in [0.15, 0.2) is 0 Å². The van der Waals surface area contributed by atoms with E-state index < -0.39 is 10.0 Å². The molecule has 0 unspecified atom stereocenters. The Morgan fingerprint density at radius 3 is 2.38 bits per heavy atom. The summed E-state index contributed by atoms with van der Waals surface area (Å²) in [6.07, 6.45) is 7.47. The van der Waals surface area contributed by atoms with Crippen LogP contribution in [0.1, 0.15) is 67.8 Å². The third kappa shape index (κ3) is 5.05. The lowest BCUT2D eigenvalue weighted by atomic mass is 9.97. The second-order valence-electron chi connectivity index (χ2n) is 6.50. The van der Waals surface area contributed by atoms with Crippen molar-refractivity contribution >= 4 is 15.9 Å². The predicted molar refractivity (Wildman–Crippen MR) is 95.6 cm³/mol. The summed E-state index contributed by atoms with van der Waals surface area (Å²) in [5, 5.41) is 2.72. The van der Waals surface area contributed by atoms with Crippen molar-refractivity contribution in [1.29, 1.82) is 0 Å². The monoisotopic (exact) mass is 352 g/mol. The molecule has 2 rings (SSSR count). The van der Waals surface area contributed by atoms with E-state index in [0.717, 1.165) is 31.2 Å². The van der Waals surface area contributed by atoms with Gasteiger partial charge in [0.1, 0.15) is 0 Å². The highest BCUT2D eigenvalue weighted by Crippen LogP contribution is 2.21. The Morgan fingerprint density at radius 1 is 1.12 bits per heavy atom. The van der Waals surface area contributed by atoms with Crippen molar-refractivity contribution in [2.24, 2.45) is 0 Å². The fourth-order valence-electron chi connectivity index (χ4n) is 3.13. The Kier molecular flexibility index (Phi) is 6.80. The Hall–Kier alpha value is -1.40. The van der Waals surface area contributed by atoms with Crippen LogP contribution in [0.5, 0.6) is 0 Å². The van der Waals surface area contributed by atoms with Gasteiger partial charge in [0, 0.05) is 18.2 Å². The molecule has 1 aromatic rings. The molecular weight excluding hydrogens is 324 g/mol. The summed E-state index contributed by atoms with van der Waals surface area (Å²) in [6.45, 7) is 4.16. The van der Waals surface area contributed by atoms with E-state index in [0.29, 0.717) is 12.1 Å². The summed E-state index contributed by atoms with van der Waals surface area (Å²) >= 11 is 0. The fraction of sp³-hybridized carbons (Fsp3) is 0.611. The molecule has 1 fully saturated rings. The molecular formula is C18H28N2O3S. The minimum absolute atomic E-state index is 0.00970. The van der Waals surface area contributed by atoms with Gasteiger partial charge in [0.2, 0.25) is 10.0 Å². The molecule has 0 saturated heterocycles. The number of aryl methyl sites for hydroxylation is 1. The molecule has 5 nitrogen and oxygen atoms in total. The lowest BCUT2D eigenvalue weighted by Gasteiger charge is -2.21. The molecule has 2 N–H and O–H groups in total. The zero-order chi connectivity index (χ0) is 17.6. The zero-order valence-electron chi connectivity index (χ0n) is 14.6. The quantitative estimate of drug-likeness (QED) is 0.855. The number of carbonyl (C=O) groups excluding carboxylic acids is 1. The number of nitrogens with one attached hydrogen (secondary N) is 2. The number of sulfonamides is 1. The third-order valence-corrected chi connectivity index (χ3v) is 6.05. The highest BCUT2D eigenvalue weighted by atomic mass is 32.2. The molecule has 0 radical (unpaired) electrons. The Bertz CT molecular complexity index is 663. The summed E-state index contributed by atoms with van der Waals surface area (Å²) in [4.78, 5) is 12.3. The summed E-state index contributed by atoms with van der Waals surface area (Å²) in [6, 6.07) is 4.73. The van der Waals surface area contributed by atoms with Crippen LogP contribution in [0.2, 0.25) is 0 Å². The predicted octanol–water partition coefficient (Wildman–Crippen LogP) is 3.14. The van der Waals surface area contributed by atoms with E-state index in [9.17, 15) is 13.2 Å². The minimum Gasteiger partial charge on any atom is -0.352 e. The van der Waals surface area contributed by atoms with E-state index in [1.54, 1.807) is 12.1 Å². The highest BCUT2D eigenvalue weighted by Gasteiger charge is 2.22. The zero-order valence-corrected chi connectivity index (χ0v) is 15.4. The number of hydrogen-bond donors (Lipinski definition) is 2. The van der Waals surface area contributed by atoms with Crippen LogP contribution in [0.3, 0.4) is 0 Å². The van der Waals surface area contributed by atoms with Gasteiger partial charge in [-0.3, -0.25) is 4.79 Å². The smallest absolute Gasteiger partial charge is 0.251 e. The van der Waals surface area contributed by atoms with Crippen LogP contribution in [0.25, 0.3) is 0 Å². The summed E-state index contributed by atoms with van der Waals surface area (Å²) in [5.41, 5.74) is 1.18. The van der Waals surface area contributed by atoms with E-state index in [2.05, 4.69) is 10.0 Å². The summed E-state index contributed by atoms with van der Waals surface area (Å²) in [7, 11) is -3.61. The lowest BCUT2D eigenvalue weighted by Crippen LogP contribution is -2.35. The van der Waals surface area contributed by atoms with Gasteiger partial charge >= 0.3 is 0 Å². The molecule has 0 heterocycles. The molecule has 0 aliphatic heterocycles. The van der Waals surface area contributed by atoms with Gasteiger partial charge in [-0.05, 0) is 44.4 Å². The standard InChI is InChI=1S/C18H28N2O3S/c1-3-19-18(21)17-13-16(12-11-14(17)2)24(22,23)20-15-9-7-5-4-6-8-10-15/h11-13,15,20H,3-10H2,1-2H3,(H,19,21). The molecule has 1 aliphatic carbocycles. The maximum atomic E-state index is 12.7. The average Bonchev–Trinajstić information content (AvgIpc) is 2.50. The first-order valence-electron chi connectivity index (χ1n) is 8.85. The van der Waals surface area contributed by atoms with Crippen LogP contribution in [-0.4, -0.2) is 26.9 Å². The topological polar surface area (TPSA) is 75.3 Å². The van der Waals surface area contributed by atoms with Crippen molar-refractivity contribution in [3.05, 3.63) is 29.3 Å². The first-order valence-corrected chi connectivity index (χ1v) is 10.3. The minimum atomic E-state index is -3.61. The molecule has 0 spiro atoms. The van der Waals surface area contributed by atoms with Crippen LogP contribution >= 0.6 is 0 Å². The maximum absolute atomic E-state index is 12.7. The van der Waals surface area contributed by atoms with Gasteiger partial charge in [-0.1, -0.05) is 38.2 Å². The average molecular weight is 353 g/mol. The van der Waals surface area contributed by atoms with Gasteiger partial charge in [-0.25, -0.2) is 13.1 Å². The molecule has 0 atom stereocenters. The number of rotatable bonds is 5. The Morgan fingerprint density at radius 2 is 1.75 bits per heavy atom. The van der Waals surface area contributed by atoms with E-state index in [1.165, 1.54) is 25.3 Å². The summed E-state index contributed by atoms with van der Waals surface area (Å²) < 4.78 is 28.2. The maximum Gasteiger partial charge on any atom is 0.251 e. The van der Waals surface area contributed by atoms with E-state index in [4.69, 9.17) is 0 Å². The number of carbonyl (C=O) groups is 1. The van der Waals surface area contributed by atoms with E-state index in [1.807, 2.05) is 13.8 Å². The second-order valence-corrected chi connectivity index (χ2v) is 8.21. The second kappa shape index (κ2) is 8.62. The molecule has 1 aromatic carbocycles. The first-order chi connectivity index (χ1) is 11.4. The number of hydrogen-bond acceptors (Lipinski definition) is 3. The normalized spacial score (nSPS) is 17.1. The van der Waals surface area contributed by atoms with Gasteiger partial charge in [-0.2, -0.15) is 0 Å². The molecule has 0 bridgehead atoms. The van der Waals surface area contributed by atoms with Gasteiger partial charge < -0.3 is 5.32 Å². The van der Waals surface area contributed by atoms with Crippen LogP contribution in [0, 0.1) is 6.92 Å². The van der Waals surface area contributed by atoms with Gasteiger partial charge in [0.25, 0.3) is 5.91 Å². The van der Waals surface area contributed by atoms with Crippen LogP contribution < -0.4 is 10.0 Å². The highest BCUT2D eigenvalue weighted by molar-refractivity contribution is 7.89. The fourth-order valence-corrected chi connectivity index (χ4v) is 4.46. The van der Waals surface area contributed by atoms with Crippen molar-refractivity contribution < 1.29 is 13.2 Å². The van der Waals surface area contributed by atoms with Crippen molar-refractivity contribution in [2.45, 2.75) is 69.7 Å². The summed E-state index contributed by atoms with van der Waals surface area (Å²) in [5.74, 6) is -0.238. The molecule has 1 saturated carbocycles. The van der Waals surface area contributed by atoms with Crippen molar-refractivity contribution in [3.63, 3.8) is 0 Å². The van der Waals surface area contributed by atoms with Crippen molar-refractivity contribution in [3.8, 4) is 0 Å². The molecule has 134 valence electrons. The molecule has 1 amide bonds.